The Kier molecular flexibility index (Phi) is 3.87. The molecule has 1 atom stereocenters. The number of aromatic nitrogens is 4. The van der Waals surface area contributed by atoms with Crippen molar-refractivity contribution in [2.75, 3.05) is 0 Å². The van der Waals surface area contributed by atoms with Crippen LogP contribution in [-0.2, 0) is 11.3 Å². The van der Waals surface area contributed by atoms with E-state index in [1.807, 2.05) is 27.7 Å². The highest BCUT2D eigenvalue weighted by Crippen LogP contribution is 2.29. The van der Waals surface area contributed by atoms with Gasteiger partial charge in [-0.1, -0.05) is 6.92 Å². The topological polar surface area (TPSA) is 94.0 Å². The zero-order valence-electron chi connectivity index (χ0n) is 12.0. The van der Waals surface area contributed by atoms with Crippen molar-refractivity contribution in [2.24, 2.45) is 5.92 Å². The molecule has 0 spiro atoms. The third-order valence-corrected chi connectivity index (χ3v) is 3.32. The van der Waals surface area contributed by atoms with Crippen LogP contribution in [0, 0.1) is 26.7 Å². The molecule has 2 rings (SSSR count). The first-order valence-electron chi connectivity index (χ1n) is 6.45. The Hall–Kier alpha value is -2.18. The Morgan fingerprint density at radius 1 is 1.35 bits per heavy atom. The first kappa shape index (κ1) is 14.2. The van der Waals surface area contributed by atoms with Crippen LogP contribution in [0.25, 0.3) is 11.4 Å². The standard InChI is InChI=1S/C13H18N4O3/c1-7(5-11(18)19)6-17-13(14-15-16-17)12-8(2)9(3)20-10(12)4/h7H,5-6H2,1-4H3,(H,18,19). The second kappa shape index (κ2) is 5.44. The maximum atomic E-state index is 10.7. The number of hydrogen-bond donors (Lipinski definition) is 1. The van der Waals surface area contributed by atoms with Gasteiger partial charge in [0.15, 0.2) is 5.82 Å². The highest BCUT2D eigenvalue weighted by molar-refractivity contribution is 5.67. The molecule has 2 aromatic heterocycles. The molecular formula is C13H18N4O3. The van der Waals surface area contributed by atoms with E-state index in [0.717, 1.165) is 22.6 Å². The molecule has 7 nitrogen and oxygen atoms in total. The van der Waals surface area contributed by atoms with Crippen molar-refractivity contribution in [3.05, 3.63) is 17.1 Å². The predicted octanol–water partition coefficient (Wildman–Crippen LogP) is 1.97. The molecule has 0 aliphatic carbocycles. The van der Waals surface area contributed by atoms with E-state index in [9.17, 15) is 4.79 Å². The van der Waals surface area contributed by atoms with Gasteiger partial charge in [0.1, 0.15) is 11.5 Å². The Balaban J connectivity index is 2.31. The van der Waals surface area contributed by atoms with Gasteiger partial charge in [-0.2, -0.15) is 0 Å². The number of nitrogens with zero attached hydrogens (tertiary/aromatic N) is 4. The lowest BCUT2D eigenvalue weighted by molar-refractivity contribution is -0.138. The second-order valence-electron chi connectivity index (χ2n) is 5.10. The van der Waals surface area contributed by atoms with E-state index < -0.39 is 5.97 Å². The minimum Gasteiger partial charge on any atom is -0.481 e. The summed E-state index contributed by atoms with van der Waals surface area (Å²) in [5.41, 5.74) is 1.89. The third kappa shape index (κ3) is 2.71. The summed E-state index contributed by atoms with van der Waals surface area (Å²) in [7, 11) is 0. The smallest absolute Gasteiger partial charge is 0.303 e. The maximum Gasteiger partial charge on any atom is 0.303 e. The van der Waals surface area contributed by atoms with E-state index in [-0.39, 0.29) is 12.3 Å². The summed E-state index contributed by atoms with van der Waals surface area (Å²) in [5.74, 6) is 1.35. The van der Waals surface area contributed by atoms with Crippen molar-refractivity contribution in [1.82, 2.24) is 20.2 Å². The lowest BCUT2D eigenvalue weighted by Crippen LogP contribution is -2.14. The first-order chi connectivity index (χ1) is 9.40. The van der Waals surface area contributed by atoms with E-state index in [2.05, 4.69) is 15.5 Å². The average molecular weight is 278 g/mol. The molecule has 1 N–H and O–H groups in total. The van der Waals surface area contributed by atoms with Crippen LogP contribution in [0.2, 0.25) is 0 Å². The van der Waals surface area contributed by atoms with Crippen LogP contribution in [-0.4, -0.2) is 31.3 Å². The van der Waals surface area contributed by atoms with Crippen LogP contribution in [0.1, 0.15) is 30.4 Å². The molecule has 0 aromatic carbocycles. The first-order valence-corrected chi connectivity index (χ1v) is 6.45. The van der Waals surface area contributed by atoms with Gasteiger partial charge in [-0.25, -0.2) is 4.68 Å². The van der Waals surface area contributed by atoms with E-state index in [1.165, 1.54) is 0 Å². The van der Waals surface area contributed by atoms with Gasteiger partial charge in [0, 0.05) is 18.5 Å². The Bertz CT molecular complexity index is 630. The normalized spacial score (nSPS) is 12.6. The largest absolute Gasteiger partial charge is 0.481 e. The monoisotopic (exact) mass is 278 g/mol. The van der Waals surface area contributed by atoms with E-state index in [4.69, 9.17) is 9.52 Å². The number of tetrazole rings is 1. The highest BCUT2D eigenvalue weighted by Gasteiger charge is 2.20. The summed E-state index contributed by atoms with van der Waals surface area (Å²) in [4.78, 5) is 10.7. The molecule has 108 valence electrons. The van der Waals surface area contributed by atoms with Crippen molar-refractivity contribution in [2.45, 2.75) is 40.7 Å². The molecule has 0 aliphatic heterocycles. The lowest BCUT2D eigenvalue weighted by Gasteiger charge is -2.10. The molecule has 0 aliphatic rings. The van der Waals surface area contributed by atoms with Gasteiger partial charge < -0.3 is 9.52 Å². The fourth-order valence-electron chi connectivity index (χ4n) is 2.29. The summed E-state index contributed by atoms with van der Waals surface area (Å²) in [6, 6.07) is 0. The number of carboxylic acids is 1. The van der Waals surface area contributed by atoms with Crippen LogP contribution < -0.4 is 0 Å². The summed E-state index contributed by atoms with van der Waals surface area (Å²) < 4.78 is 7.23. The van der Waals surface area contributed by atoms with Gasteiger partial charge in [-0.3, -0.25) is 4.79 Å². The highest BCUT2D eigenvalue weighted by atomic mass is 16.4. The van der Waals surface area contributed by atoms with E-state index >= 15 is 0 Å². The number of hydrogen-bond acceptors (Lipinski definition) is 5. The molecule has 0 saturated carbocycles. The van der Waals surface area contributed by atoms with Gasteiger partial charge >= 0.3 is 5.97 Å². The number of furan rings is 1. The molecule has 1 unspecified atom stereocenters. The molecule has 0 bridgehead atoms. The summed E-state index contributed by atoms with van der Waals surface area (Å²) in [5, 5.41) is 20.5. The molecular weight excluding hydrogens is 260 g/mol. The second-order valence-corrected chi connectivity index (χ2v) is 5.10. The maximum absolute atomic E-state index is 10.7. The average Bonchev–Trinajstić information content (AvgIpc) is 2.84. The SMILES string of the molecule is Cc1oc(C)c(-c2nnnn2CC(C)CC(=O)O)c1C. The molecule has 2 aromatic rings. The number of carbonyl (C=O) groups is 1. The van der Waals surface area contributed by atoms with Crippen LogP contribution in [0.15, 0.2) is 4.42 Å². The van der Waals surface area contributed by atoms with Crippen molar-refractivity contribution in [1.29, 1.82) is 0 Å². The van der Waals surface area contributed by atoms with Crippen LogP contribution in [0.4, 0.5) is 0 Å². The van der Waals surface area contributed by atoms with Gasteiger partial charge in [0.25, 0.3) is 0 Å². The molecule has 2 heterocycles. The van der Waals surface area contributed by atoms with Crippen molar-refractivity contribution < 1.29 is 14.3 Å². The zero-order valence-corrected chi connectivity index (χ0v) is 12.0. The Labute approximate surface area is 116 Å². The third-order valence-electron chi connectivity index (χ3n) is 3.32. The molecule has 0 saturated heterocycles. The van der Waals surface area contributed by atoms with Crippen molar-refractivity contribution in [3.8, 4) is 11.4 Å². The quantitative estimate of drug-likeness (QED) is 0.898. The summed E-state index contributed by atoms with van der Waals surface area (Å²) in [6.07, 6.45) is 0.0850. The lowest BCUT2D eigenvalue weighted by atomic mass is 10.1. The predicted molar refractivity (Wildman–Crippen MR) is 71.1 cm³/mol. The fourth-order valence-corrected chi connectivity index (χ4v) is 2.29. The van der Waals surface area contributed by atoms with E-state index in [0.29, 0.717) is 12.4 Å². The Morgan fingerprint density at radius 3 is 2.60 bits per heavy atom. The van der Waals surface area contributed by atoms with Crippen molar-refractivity contribution >= 4 is 5.97 Å². The molecule has 0 radical (unpaired) electrons. The van der Waals surface area contributed by atoms with Gasteiger partial charge in [-0.15, -0.1) is 5.10 Å². The van der Waals surface area contributed by atoms with Gasteiger partial charge in [0.2, 0.25) is 0 Å². The molecule has 7 heteroatoms. The molecule has 0 amide bonds. The molecule has 20 heavy (non-hydrogen) atoms. The van der Waals surface area contributed by atoms with Crippen LogP contribution >= 0.6 is 0 Å². The van der Waals surface area contributed by atoms with Crippen LogP contribution in [0.5, 0.6) is 0 Å². The van der Waals surface area contributed by atoms with Gasteiger partial charge in [0.05, 0.1) is 5.56 Å². The fraction of sp³-hybridized carbons (Fsp3) is 0.538. The number of rotatable bonds is 5. The van der Waals surface area contributed by atoms with E-state index in [1.54, 1.807) is 4.68 Å². The number of carboxylic acid groups (broad SMARTS) is 1. The Morgan fingerprint density at radius 2 is 2.05 bits per heavy atom. The zero-order chi connectivity index (χ0) is 14.9. The van der Waals surface area contributed by atoms with Gasteiger partial charge in [-0.05, 0) is 37.1 Å². The summed E-state index contributed by atoms with van der Waals surface area (Å²) in [6.45, 7) is 8.04. The number of aliphatic carboxylic acids is 1. The van der Waals surface area contributed by atoms with Crippen LogP contribution in [0.3, 0.4) is 0 Å². The minimum atomic E-state index is -0.821. The number of aryl methyl sites for hydroxylation is 2. The van der Waals surface area contributed by atoms with Crippen molar-refractivity contribution in [3.63, 3.8) is 0 Å². The summed E-state index contributed by atoms with van der Waals surface area (Å²) >= 11 is 0. The minimum absolute atomic E-state index is 0.0524. The molecule has 0 fully saturated rings.